The third-order valence-corrected chi connectivity index (χ3v) is 7.46. The molecule has 3 nitrogen and oxygen atoms in total. The summed E-state index contributed by atoms with van der Waals surface area (Å²) < 4.78 is 27.3. The summed E-state index contributed by atoms with van der Waals surface area (Å²) in [6.07, 6.45) is 6.25. The van der Waals surface area contributed by atoms with Crippen molar-refractivity contribution in [1.29, 1.82) is 0 Å². The van der Waals surface area contributed by atoms with Crippen molar-refractivity contribution in [3.05, 3.63) is 35.9 Å². The van der Waals surface area contributed by atoms with Crippen LogP contribution in [0.4, 0.5) is 0 Å². The maximum Gasteiger partial charge on any atom is 0.218 e. The van der Waals surface area contributed by atoms with Crippen LogP contribution in [0, 0.1) is 0 Å². The van der Waals surface area contributed by atoms with Crippen molar-refractivity contribution in [1.82, 2.24) is 4.31 Å². The molecule has 0 saturated carbocycles. The van der Waals surface area contributed by atoms with Gasteiger partial charge in [-0.05, 0) is 37.5 Å². The van der Waals surface area contributed by atoms with E-state index in [9.17, 15) is 8.42 Å². The highest BCUT2D eigenvalue weighted by atomic mass is 32.2. The van der Waals surface area contributed by atoms with Crippen molar-refractivity contribution in [2.75, 3.05) is 6.26 Å². The zero-order valence-corrected chi connectivity index (χ0v) is 13.4. The van der Waals surface area contributed by atoms with E-state index in [1.807, 2.05) is 46.4 Å². The third kappa shape index (κ3) is 2.76. The smallest absolute Gasteiger partial charge is 0.212 e. The number of fused-ring (bicyclic) bond motifs is 2. The highest BCUT2D eigenvalue weighted by Crippen LogP contribution is 2.41. The maximum atomic E-state index is 12.7. The van der Waals surface area contributed by atoms with E-state index in [1.54, 1.807) is 0 Å². The zero-order valence-electron chi connectivity index (χ0n) is 11.7. The van der Waals surface area contributed by atoms with Crippen LogP contribution in [0.15, 0.2) is 30.3 Å². The predicted molar refractivity (Wildman–Crippen MR) is 84.3 cm³/mol. The Bertz CT molecular complexity index is 544. The van der Waals surface area contributed by atoms with Crippen LogP contribution in [0.5, 0.6) is 0 Å². The Labute approximate surface area is 125 Å². The minimum Gasteiger partial charge on any atom is -0.212 e. The molecule has 2 heterocycles. The molecule has 2 saturated heterocycles. The average Bonchev–Trinajstić information content (AvgIpc) is 2.72. The Hall–Kier alpha value is -0.520. The molecule has 1 aromatic rings. The van der Waals surface area contributed by atoms with E-state index in [-0.39, 0.29) is 17.8 Å². The Morgan fingerprint density at radius 1 is 1.15 bits per heavy atom. The lowest BCUT2D eigenvalue weighted by molar-refractivity contribution is 0.253. The molecule has 3 rings (SSSR count). The number of piperidine rings is 1. The van der Waals surface area contributed by atoms with Gasteiger partial charge < -0.3 is 0 Å². The van der Waals surface area contributed by atoms with Gasteiger partial charge in [0.25, 0.3) is 0 Å². The molecule has 20 heavy (non-hydrogen) atoms. The van der Waals surface area contributed by atoms with Crippen molar-refractivity contribution < 1.29 is 8.42 Å². The Kier molecular flexibility index (Phi) is 4.11. The number of hydrogen-bond donors (Lipinski definition) is 0. The summed E-state index contributed by atoms with van der Waals surface area (Å²) in [5.41, 5.74) is 0.888. The van der Waals surface area contributed by atoms with Crippen LogP contribution in [-0.4, -0.2) is 36.3 Å². The molecular weight excluding hydrogens is 290 g/mol. The molecule has 2 aliphatic rings. The largest absolute Gasteiger partial charge is 0.218 e. The summed E-state index contributed by atoms with van der Waals surface area (Å²) in [5, 5.41) is 0.635. The van der Waals surface area contributed by atoms with Crippen LogP contribution in [0.25, 0.3) is 0 Å². The van der Waals surface area contributed by atoms with Crippen LogP contribution in [0.1, 0.15) is 31.2 Å². The van der Waals surface area contributed by atoms with Crippen molar-refractivity contribution in [2.45, 2.75) is 48.8 Å². The maximum absolute atomic E-state index is 12.7. The molecule has 2 aliphatic heterocycles. The standard InChI is InChI=1S/C15H21NO2S2/c1-19-15-9-13-7-8-14(10-15)16(13)20(17,18)11-12-5-3-2-4-6-12/h2-6,13-15H,7-11H2,1H3. The molecule has 2 bridgehead atoms. The fourth-order valence-electron chi connectivity index (χ4n) is 3.59. The summed E-state index contributed by atoms with van der Waals surface area (Å²) in [5.74, 6) is 0.144. The lowest BCUT2D eigenvalue weighted by Crippen LogP contribution is -2.47. The SMILES string of the molecule is CSC1CC2CCC(C1)N2S(=O)(=O)Cc1ccccc1. The minimum absolute atomic E-state index is 0.144. The fourth-order valence-corrected chi connectivity index (χ4v) is 6.47. The molecule has 2 atom stereocenters. The van der Waals surface area contributed by atoms with Crippen molar-refractivity contribution in [2.24, 2.45) is 0 Å². The van der Waals surface area contributed by atoms with Crippen molar-refractivity contribution >= 4 is 21.8 Å². The molecule has 1 aromatic carbocycles. The van der Waals surface area contributed by atoms with E-state index in [0.717, 1.165) is 31.2 Å². The van der Waals surface area contributed by atoms with Gasteiger partial charge in [-0.15, -0.1) is 0 Å². The van der Waals surface area contributed by atoms with Gasteiger partial charge in [0.1, 0.15) is 0 Å². The van der Waals surface area contributed by atoms with Crippen LogP contribution in [0.2, 0.25) is 0 Å². The fraction of sp³-hybridized carbons (Fsp3) is 0.600. The third-order valence-electron chi connectivity index (χ3n) is 4.47. The van der Waals surface area contributed by atoms with Crippen LogP contribution in [0.3, 0.4) is 0 Å². The average molecular weight is 311 g/mol. The van der Waals surface area contributed by atoms with Gasteiger partial charge in [-0.1, -0.05) is 30.3 Å². The van der Waals surface area contributed by atoms with Gasteiger partial charge in [-0.25, -0.2) is 8.42 Å². The van der Waals surface area contributed by atoms with E-state index in [0.29, 0.717) is 5.25 Å². The monoisotopic (exact) mass is 311 g/mol. The van der Waals surface area contributed by atoms with E-state index in [4.69, 9.17) is 0 Å². The molecular formula is C15H21NO2S2. The molecule has 0 radical (unpaired) electrons. The summed E-state index contributed by atoms with van der Waals surface area (Å²) in [4.78, 5) is 0. The molecule has 0 amide bonds. The van der Waals surface area contributed by atoms with Crippen LogP contribution < -0.4 is 0 Å². The van der Waals surface area contributed by atoms with Gasteiger partial charge in [0.2, 0.25) is 10.0 Å². The quantitative estimate of drug-likeness (QED) is 0.858. The van der Waals surface area contributed by atoms with E-state index >= 15 is 0 Å². The van der Waals surface area contributed by atoms with Gasteiger partial charge in [0.05, 0.1) is 5.75 Å². The molecule has 2 fully saturated rings. The highest BCUT2D eigenvalue weighted by molar-refractivity contribution is 7.99. The second-order valence-corrected chi connectivity index (χ2v) is 8.80. The Morgan fingerprint density at radius 2 is 1.75 bits per heavy atom. The number of sulfonamides is 1. The van der Waals surface area contributed by atoms with E-state index in [2.05, 4.69) is 6.26 Å². The molecule has 0 aromatic heterocycles. The highest BCUT2D eigenvalue weighted by Gasteiger charge is 2.46. The molecule has 110 valence electrons. The first-order chi connectivity index (χ1) is 9.60. The Morgan fingerprint density at radius 3 is 2.30 bits per heavy atom. The molecule has 0 aliphatic carbocycles. The first kappa shape index (κ1) is 14.4. The first-order valence-corrected chi connectivity index (χ1v) is 10.1. The van der Waals surface area contributed by atoms with E-state index in [1.165, 1.54) is 0 Å². The summed E-state index contributed by atoms with van der Waals surface area (Å²) in [6, 6.07) is 9.99. The van der Waals surface area contributed by atoms with Gasteiger partial charge in [0.15, 0.2) is 0 Å². The van der Waals surface area contributed by atoms with Crippen LogP contribution in [-0.2, 0) is 15.8 Å². The van der Waals surface area contributed by atoms with Crippen molar-refractivity contribution in [3.63, 3.8) is 0 Å². The predicted octanol–water partition coefficient (Wildman–Crippen LogP) is 2.87. The zero-order chi connectivity index (χ0) is 14.2. The molecule has 5 heteroatoms. The second-order valence-electron chi connectivity index (χ2n) is 5.79. The van der Waals surface area contributed by atoms with E-state index < -0.39 is 10.0 Å². The molecule has 2 unspecified atom stereocenters. The topological polar surface area (TPSA) is 37.4 Å². The summed E-state index contributed by atoms with van der Waals surface area (Å²) >= 11 is 1.89. The van der Waals surface area contributed by atoms with Crippen molar-refractivity contribution in [3.8, 4) is 0 Å². The van der Waals surface area contributed by atoms with Gasteiger partial charge in [-0.3, -0.25) is 0 Å². The van der Waals surface area contributed by atoms with Gasteiger partial charge in [0, 0.05) is 17.3 Å². The molecule has 0 spiro atoms. The summed E-state index contributed by atoms with van der Waals surface area (Å²) in [6.45, 7) is 0. The van der Waals surface area contributed by atoms with Gasteiger partial charge in [-0.2, -0.15) is 16.1 Å². The minimum atomic E-state index is -3.18. The Balaban J connectivity index is 1.79. The second kappa shape index (κ2) is 5.70. The van der Waals surface area contributed by atoms with Crippen LogP contribution >= 0.6 is 11.8 Å². The number of nitrogens with zero attached hydrogens (tertiary/aromatic N) is 1. The van der Waals surface area contributed by atoms with Gasteiger partial charge >= 0.3 is 0 Å². The first-order valence-electron chi connectivity index (χ1n) is 7.18. The number of rotatable bonds is 4. The number of benzene rings is 1. The number of thioether (sulfide) groups is 1. The lowest BCUT2D eigenvalue weighted by Gasteiger charge is -2.37. The number of hydrogen-bond acceptors (Lipinski definition) is 3. The lowest BCUT2D eigenvalue weighted by atomic mass is 10.1. The molecule has 0 N–H and O–H groups in total. The summed E-state index contributed by atoms with van der Waals surface area (Å²) in [7, 11) is -3.18. The normalized spacial score (nSPS) is 30.6.